The smallest absolute Gasteiger partial charge is 0.249 e. The standard InChI is InChI=1S/C16H14ClN3O/c1-9(11-4-2-3-5-12(11)15(18)21)16-19-13-7-6-10(17)8-14(13)20-16/h2-9H,1H3,(H2,18,21)(H,19,20)/t9-/m0/s1. The van der Waals surface area contributed by atoms with E-state index in [1.807, 2.05) is 31.2 Å². The molecule has 2 aromatic carbocycles. The minimum atomic E-state index is -0.434. The van der Waals surface area contributed by atoms with Crippen molar-refractivity contribution in [1.29, 1.82) is 0 Å². The van der Waals surface area contributed by atoms with Crippen molar-refractivity contribution >= 4 is 28.5 Å². The van der Waals surface area contributed by atoms with Crippen molar-refractivity contribution in [2.24, 2.45) is 5.73 Å². The third-order valence-electron chi connectivity index (χ3n) is 3.57. The average Bonchev–Trinajstić information content (AvgIpc) is 2.89. The number of aromatic nitrogens is 2. The average molecular weight is 300 g/mol. The number of nitrogens with zero attached hydrogens (tertiary/aromatic N) is 1. The van der Waals surface area contributed by atoms with E-state index < -0.39 is 5.91 Å². The Balaban J connectivity index is 2.08. The van der Waals surface area contributed by atoms with Crippen LogP contribution in [-0.2, 0) is 0 Å². The Kier molecular flexibility index (Phi) is 3.39. The summed E-state index contributed by atoms with van der Waals surface area (Å²) < 4.78 is 0. The van der Waals surface area contributed by atoms with Gasteiger partial charge in [0.05, 0.1) is 11.0 Å². The molecule has 0 aliphatic carbocycles. The fourth-order valence-electron chi connectivity index (χ4n) is 2.45. The number of nitrogens with two attached hydrogens (primary N) is 1. The summed E-state index contributed by atoms with van der Waals surface area (Å²) in [7, 11) is 0. The molecule has 0 fully saturated rings. The topological polar surface area (TPSA) is 71.8 Å². The minimum absolute atomic E-state index is 0.0696. The lowest BCUT2D eigenvalue weighted by Gasteiger charge is -2.12. The first kappa shape index (κ1) is 13.6. The van der Waals surface area contributed by atoms with Gasteiger partial charge in [0.2, 0.25) is 5.91 Å². The van der Waals surface area contributed by atoms with Gasteiger partial charge in [-0.05, 0) is 29.8 Å². The zero-order valence-corrected chi connectivity index (χ0v) is 12.2. The summed E-state index contributed by atoms with van der Waals surface area (Å²) in [5, 5.41) is 0.655. The number of primary amides is 1. The Labute approximate surface area is 126 Å². The highest BCUT2D eigenvalue weighted by Crippen LogP contribution is 2.27. The summed E-state index contributed by atoms with van der Waals surface area (Å²) in [6.07, 6.45) is 0. The fraction of sp³-hybridized carbons (Fsp3) is 0.125. The molecule has 0 bridgehead atoms. The van der Waals surface area contributed by atoms with Crippen LogP contribution in [0.15, 0.2) is 42.5 Å². The third-order valence-corrected chi connectivity index (χ3v) is 3.80. The van der Waals surface area contributed by atoms with Gasteiger partial charge in [-0.15, -0.1) is 0 Å². The first-order valence-corrected chi connectivity index (χ1v) is 6.98. The van der Waals surface area contributed by atoms with Crippen LogP contribution in [0.4, 0.5) is 0 Å². The van der Waals surface area contributed by atoms with E-state index in [1.54, 1.807) is 18.2 Å². The van der Waals surface area contributed by atoms with Crippen LogP contribution in [0.5, 0.6) is 0 Å². The number of nitrogens with one attached hydrogen (secondary N) is 1. The zero-order chi connectivity index (χ0) is 15.0. The van der Waals surface area contributed by atoms with E-state index >= 15 is 0 Å². The number of rotatable bonds is 3. The molecule has 0 aliphatic heterocycles. The van der Waals surface area contributed by atoms with Crippen LogP contribution in [0.3, 0.4) is 0 Å². The van der Waals surface area contributed by atoms with Crippen molar-refractivity contribution in [3.05, 3.63) is 64.4 Å². The van der Waals surface area contributed by atoms with E-state index in [-0.39, 0.29) is 5.92 Å². The molecule has 5 heteroatoms. The molecule has 21 heavy (non-hydrogen) atoms. The van der Waals surface area contributed by atoms with E-state index in [0.29, 0.717) is 10.6 Å². The van der Waals surface area contributed by atoms with Gasteiger partial charge in [-0.3, -0.25) is 4.79 Å². The first-order chi connectivity index (χ1) is 10.1. The summed E-state index contributed by atoms with van der Waals surface area (Å²) >= 11 is 5.98. The number of H-pyrrole nitrogens is 1. The molecule has 4 nitrogen and oxygen atoms in total. The van der Waals surface area contributed by atoms with Crippen molar-refractivity contribution in [3.63, 3.8) is 0 Å². The van der Waals surface area contributed by atoms with Gasteiger partial charge in [-0.2, -0.15) is 0 Å². The highest BCUT2D eigenvalue weighted by atomic mass is 35.5. The lowest BCUT2D eigenvalue weighted by atomic mass is 9.95. The molecular weight excluding hydrogens is 286 g/mol. The molecule has 0 unspecified atom stereocenters. The monoisotopic (exact) mass is 299 g/mol. The number of fused-ring (bicyclic) bond motifs is 1. The Hall–Kier alpha value is -2.33. The van der Waals surface area contributed by atoms with Crippen LogP contribution in [0.1, 0.15) is 34.6 Å². The molecule has 0 spiro atoms. The van der Waals surface area contributed by atoms with Gasteiger partial charge in [0.15, 0.2) is 0 Å². The largest absolute Gasteiger partial charge is 0.366 e. The van der Waals surface area contributed by atoms with Crippen LogP contribution in [0.25, 0.3) is 11.0 Å². The molecule has 3 N–H and O–H groups in total. The number of halogens is 1. The predicted octanol–water partition coefficient (Wildman–Crippen LogP) is 3.47. The van der Waals surface area contributed by atoms with Crippen molar-refractivity contribution in [3.8, 4) is 0 Å². The molecule has 1 atom stereocenters. The number of benzene rings is 2. The van der Waals surface area contributed by atoms with E-state index in [1.165, 1.54) is 0 Å². The van der Waals surface area contributed by atoms with E-state index in [2.05, 4.69) is 9.97 Å². The number of amides is 1. The molecule has 0 aliphatic rings. The van der Waals surface area contributed by atoms with Gasteiger partial charge in [0, 0.05) is 16.5 Å². The van der Waals surface area contributed by atoms with Crippen molar-refractivity contribution in [2.75, 3.05) is 0 Å². The lowest BCUT2D eigenvalue weighted by molar-refractivity contribution is 0.0999. The maximum absolute atomic E-state index is 11.5. The molecule has 3 rings (SSSR count). The summed E-state index contributed by atoms with van der Waals surface area (Å²) in [5.74, 6) is 0.275. The molecule has 3 aromatic rings. The van der Waals surface area contributed by atoms with Crippen LogP contribution in [0, 0.1) is 0 Å². The number of hydrogen-bond acceptors (Lipinski definition) is 2. The Bertz CT molecular complexity index is 825. The number of aromatic amines is 1. The predicted molar refractivity (Wildman–Crippen MR) is 83.6 cm³/mol. The molecule has 106 valence electrons. The van der Waals surface area contributed by atoms with Gasteiger partial charge in [-0.1, -0.05) is 36.7 Å². The van der Waals surface area contributed by atoms with E-state index in [0.717, 1.165) is 22.4 Å². The highest BCUT2D eigenvalue weighted by molar-refractivity contribution is 6.31. The number of imidazole rings is 1. The molecule has 0 saturated carbocycles. The van der Waals surface area contributed by atoms with Gasteiger partial charge >= 0.3 is 0 Å². The third kappa shape index (κ3) is 2.50. The van der Waals surface area contributed by atoms with Crippen LogP contribution in [-0.4, -0.2) is 15.9 Å². The zero-order valence-electron chi connectivity index (χ0n) is 11.4. The summed E-state index contributed by atoms with van der Waals surface area (Å²) in [4.78, 5) is 19.4. The Morgan fingerprint density at radius 3 is 2.81 bits per heavy atom. The van der Waals surface area contributed by atoms with Crippen LogP contribution in [0.2, 0.25) is 5.02 Å². The normalized spacial score (nSPS) is 12.5. The Morgan fingerprint density at radius 1 is 1.29 bits per heavy atom. The second-order valence-electron chi connectivity index (χ2n) is 4.96. The maximum atomic E-state index is 11.5. The molecule has 1 aromatic heterocycles. The maximum Gasteiger partial charge on any atom is 0.249 e. The summed E-state index contributed by atoms with van der Waals surface area (Å²) in [5.41, 5.74) is 8.53. The van der Waals surface area contributed by atoms with E-state index in [4.69, 9.17) is 17.3 Å². The summed E-state index contributed by atoms with van der Waals surface area (Å²) in [6, 6.07) is 12.8. The van der Waals surface area contributed by atoms with Crippen molar-refractivity contribution in [1.82, 2.24) is 9.97 Å². The minimum Gasteiger partial charge on any atom is -0.366 e. The summed E-state index contributed by atoms with van der Waals surface area (Å²) in [6.45, 7) is 1.99. The second-order valence-corrected chi connectivity index (χ2v) is 5.39. The van der Waals surface area contributed by atoms with Gasteiger partial charge < -0.3 is 10.7 Å². The first-order valence-electron chi connectivity index (χ1n) is 6.60. The van der Waals surface area contributed by atoms with Gasteiger partial charge in [0.1, 0.15) is 5.82 Å². The SMILES string of the molecule is C[C@H](c1nc2ccc(Cl)cc2[nH]1)c1ccccc1C(N)=O. The van der Waals surface area contributed by atoms with E-state index in [9.17, 15) is 4.79 Å². The van der Waals surface area contributed by atoms with Crippen molar-refractivity contribution in [2.45, 2.75) is 12.8 Å². The van der Waals surface area contributed by atoms with Gasteiger partial charge in [-0.25, -0.2) is 4.98 Å². The number of carbonyl (C=O) groups excluding carboxylic acids is 1. The van der Waals surface area contributed by atoms with Crippen LogP contribution < -0.4 is 5.73 Å². The number of carbonyl (C=O) groups is 1. The molecule has 1 heterocycles. The number of hydrogen-bond donors (Lipinski definition) is 2. The lowest BCUT2D eigenvalue weighted by Crippen LogP contribution is -2.15. The Morgan fingerprint density at radius 2 is 2.05 bits per heavy atom. The molecule has 0 radical (unpaired) electrons. The highest BCUT2D eigenvalue weighted by Gasteiger charge is 2.18. The van der Waals surface area contributed by atoms with Crippen molar-refractivity contribution < 1.29 is 4.79 Å². The quantitative estimate of drug-likeness (QED) is 0.777. The molecule has 0 saturated heterocycles. The van der Waals surface area contributed by atoms with Crippen LogP contribution >= 0.6 is 11.6 Å². The molecule has 1 amide bonds. The van der Waals surface area contributed by atoms with Gasteiger partial charge in [0.25, 0.3) is 0 Å². The second kappa shape index (κ2) is 5.22. The molecular formula is C16H14ClN3O. The fourth-order valence-corrected chi connectivity index (χ4v) is 2.63.